The molecule has 1 aromatic carbocycles. The first kappa shape index (κ1) is 21.1. The minimum Gasteiger partial charge on any atom is -0.497 e. The van der Waals surface area contributed by atoms with Gasteiger partial charge in [0.15, 0.2) is 0 Å². The lowest BCUT2D eigenvalue weighted by molar-refractivity contribution is -0.141. The molecule has 1 N–H and O–H groups in total. The summed E-state index contributed by atoms with van der Waals surface area (Å²) in [5, 5.41) is 10.2. The summed E-state index contributed by atoms with van der Waals surface area (Å²) in [7, 11) is -0.271. The minimum absolute atomic E-state index is 0.0208. The van der Waals surface area contributed by atoms with Gasteiger partial charge in [-0.15, -0.1) is 0 Å². The van der Waals surface area contributed by atoms with Gasteiger partial charge in [0.1, 0.15) is 5.75 Å². The van der Waals surface area contributed by atoms with Crippen LogP contribution >= 0.6 is 0 Å². The van der Waals surface area contributed by atoms with E-state index in [0.29, 0.717) is 31.7 Å². The number of rotatable bonds is 5. The lowest BCUT2D eigenvalue weighted by Crippen LogP contribution is -2.50. The standard InChI is InChI=1S/C20H30N2O5S/c1-21(18-5-3-4-6-19(18)23)20(24)15-11-13-22(14-12-15)28(25,26)17-9-7-16(27-2)8-10-17/h7-10,15,18-19,23H,3-6,11-14H2,1-2H3/t18-,19-/m1/s1. The molecule has 1 aliphatic carbocycles. The van der Waals surface area contributed by atoms with Crippen molar-refractivity contribution in [3.8, 4) is 5.75 Å². The molecule has 1 amide bonds. The van der Waals surface area contributed by atoms with Crippen molar-refractivity contribution in [3.05, 3.63) is 24.3 Å². The van der Waals surface area contributed by atoms with Crippen molar-refractivity contribution in [2.75, 3.05) is 27.2 Å². The molecule has 2 atom stereocenters. The predicted molar refractivity (Wildman–Crippen MR) is 106 cm³/mol. The van der Waals surface area contributed by atoms with Crippen LogP contribution in [0.4, 0.5) is 0 Å². The highest BCUT2D eigenvalue weighted by Crippen LogP contribution is 2.28. The molecule has 28 heavy (non-hydrogen) atoms. The zero-order valence-corrected chi connectivity index (χ0v) is 17.4. The number of benzene rings is 1. The predicted octanol–water partition coefficient (Wildman–Crippen LogP) is 1.86. The highest BCUT2D eigenvalue weighted by molar-refractivity contribution is 7.89. The minimum atomic E-state index is -3.57. The Morgan fingerprint density at radius 2 is 1.71 bits per heavy atom. The summed E-state index contributed by atoms with van der Waals surface area (Å²) in [4.78, 5) is 14.8. The number of methoxy groups -OCH3 is 1. The average molecular weight is 411 g/mol. The topological polar surface area (TPSA) is 87.2 Å². The van der Waals surface area contributed by atoms with E-state index in [-0.39, 0.29) is 22.8 Å². The van der Waals surface area contributed by atoms with Crippen LogP contribution in [0, 0.1) is 5.92 Å². The summed E-state index contributed by atoms with van der Waals surface area (Å²) in [6, 6.07) is 6.23. The maximum absolute atomic E-state index is 12.9. The van der Waals surface area contributed by atoms with Crippen LogP contribution in [0.1, 0.15) is 38.5 Å². The number of carbonyl (C=O) groups is 1. The number of likely N-dealkylation sites (N-methyl/N-ethyl adjacent to an activating group) is 1. The molecule has 0 unspecified atom stereocenters. The molecule has 0 bridgehead atoms. The van der Waals surface area contributed by atoms with Crippen LogP contribution in [0.3, 0.4) is 0 Å². The summed E-state index contributed by atoms with van der Waals surface area (Å²) >= 11 is 0. The molecule has 8 heteroatoms. The number of sulfonamides is 1. The maximum atomic E-state index is 12.9. The van der Waals surface area contributed by atoms with Gasteiger partial charge in [-0.25, -0.2) is 8.42 Å². The Kier molecular flexibility index (Phi) is 6.62. The van der Waals surface area contributed by atoms with Crippen LogP contribution < -0.4 is 4.74 Å². The van der Waals surface area contributed by atoms with Gasteiger partial charge < -0.3 is 14.7 Å². The first-order valence-electron chi connectivity index (χ1n) is 9.93. The third kappa shape index (κ3) is 4.34. The molecule has 7 nitrogen and oxygen atoms in total. The summed E-state index contributed by atoms with van der Waals surface area (Å²) in [5.41, 5.74) is 0. The Hall–Kier alpha value is -1.64. The van der Waals surface area contributed by atoms with Crippen molar-refractivity contribution < 1.29 is 23.1 Å². The van der Waals surface area contributed by atoms with Crippen molar-refractivity contribution in [2.45, 2.75) is 55.6 Å². The van der Waals surface area contributed by atoms with E-state index in [2.05, 4.69) is 0 Å². The fourth-order valence-electron chi connectivity index (χ4n) is 4.23. The molecule has 156 valence electrons. The quantitative estimate of drug-likeness (QED) is 0.801. The molecule has 1 saturated heterocycles. The lowest BCUT2D eigenvalue weighted by Gasteiger charge is -2.38. The van der Waals surface area contributed by atoms with Gasteiger partial charge in [-0.1, -0.05) is 12.8 Å². The number of piperidine rings is 1. The zero-order valence-electron chi connectivity index (χ0n) is 16.6. The van der Waals surface area contributed by atoms with Crippen LogP contribution in [-0.4, -0.2) is 68.0 Å². The van der Waals surface area contributed by atoms with Crippen LogP contribution in [-0.2, 0) is 14.8 Å². The van der Waals surface area contributed by atoms with E-state index >= 15 is 0 Å². The molecule has 2 aliphatic rings. The molecule has 3 rings (SSSR count). The Bertz CT molecular complexity index is 772. The molecule has 0 aromatic heterocycles. The first-order chi connectivity index (χ1) is 13.3. The Balaban J connectivity index is 1.60. The number of carbonyl (C=O) groups excluding carboxylic acids is 1. The molecular weight excluding hydrogens is 380 g/mol. The van der Waals surface area contributed by atoms with Gasteiger partial charge in [-0.2, -0.15) is 4.31 Å². The number of nitrogens with zero attached hydrogens (tertiary/aromatic N) is 2. The molecular formula is C20H30N2O5S. The summed E-state index contributed by atoms with van der Waals surface area (Å²) in [6.07, 6.45) is 4.13. The molecule has 2 fully saturated rings. The van der Waals surface area contributed by atoms with Gasteiger partial charge in [0, 0.05) is 26.1 Å². The largest absolute Gasteiger partial charge is 0.497 e. The molecule has 0 spiro atoms. The highest BCUT2D eigenvalue weighted by atomic mass is 32.2. The first-order valence-corrected chi connectivity index (χ1v) is 11.4. The SMILES string of the molecule is COc1ccc(S(=O)(=O)N2CCC(C(=O)N(C)[C@@H]3CCCC[C@H]3O)CC2)cc1. The summed E-state index contributed by atoms with van der Waals surface area (Å²) in [5.74, 6) is 0.435. The zero-order chi connectivity index (χ0) is 20.3. The van der Waals surface area contributed by atoms with E-state index < -0.39 is 16.1 Å². The third-order valence-electron chi connectivity index (χ3n) is 6.04. The van der Waals surface area contributed by atoms with E-state index in [9.17, 15) is 18.3 Å². The average Bonchev–Trinajstić information content (AvgIpc) is 2.73. The van der Waals surface area contributed by atoms with E-state index in [1.54, 1.807) is 36.2 Å². The van der Waals surface area contributed by atoms with Crippen LogP contribution in [0.25, 0.3) is 0 Å². The van der Waals surface area contributed by atoms with E-state index in [1.807, 2.05) is 0 Å². The number of aliphatic hydroxyl groups excluding tert-OH is 1. The van der Waals surface area contributed by atoms with E-state index in [1.165, 1.54) is 11.4 Å². The second-order valence-corrected chi connectivity index (χ2v) is 9.66. The number of hydrogen-bond acceptors (Lipinski definition) is 5. The second kappa shape index (κ2) is 8.80. The number of amides is 1. The third-order valence-corrected chi connectivity index (χ3v) is 7.95. The van der Waals surface area contributed by atoms with Gasteiger partial charge >= 0.3 is 0 Å². The molecule has 0 radical (unpaired) electrons. The fourth-order valence-corrected chi connectivity index (χ4v) is 5.70. The maximum Gasteiger partial charge on any atom is 0.243 e. The lowest BCUT2D eigenvalue weighted by atomic mass is 9.89. The highest BCUT2D eigenvalue weighted by Gasteiger charge is 2.36. The monoisotopic (exact) mass is 410 g/mol. The number of ether oxygens (including phenoxy) is 1. The molecule has 1 aromatic rings. The van der Waals surface area contributed by atoms with Crippen molar-refractivity contribution >= 4 is 15.9 Å². The molecule has 1 heterocycles. The van der Waals surface area contributed by atoms with Gasteiger partial charge in [-0.3, -0.25) is 4.79 Å². The normalized spacial score (nSPS) is 24.7. The Morgan fingerprint density at radius 3 is 2.29 bits per heavy atom. The Labute approximate surface area is 167 Å². The number of hydrogen-bond donors (Lipinski definition) is 1. The van der Waals surface area contributed by atoms with E-state index in [4.69, 9.17) is 4.74 Å². The number of aliphatic hydroxyl groups is 1. The van der Waals surface area contributed by atoms with E-state index in [0.717, 1.165) is 25.7 Å². The van der Waals surface area contributed by atoms with Crippen LogP contribution in [0.5, 0.6) is 5.75 Å². The summed E-state index contributed by atoms with van der Waals surface area (Å²) in [6.45, 7) is 0.650. The van der Waals surface area contributed by atoms with Crippen molar-refractivity contribution in [2.24, 2.45) is 5.92 Å². The van der Waals surface area contributed by atoms with Crippen LogP contribution in [0.15, 0.2) is 29.2 Å². The van der Waals surface area contributed by atoms with Gasteiger partial charge in [0.05, 0.1) is 24.2 Å². The van der Waals surface area contributed by atoms with Crippen molar-refractivity contribution in [1.82, 2.24) is 9.21 Å². The molecule has 1 saturated carbocycles. The van der Waals surface area contributed by atoms with Crippen molar-refractivity contribution in [1.29, 1.82) is 0 Å². The smallest absolute Gasteiger partial charge is 0.243 e. The van der Waals surface area contributed by atoms with Gasteiger partial charge in [0.2, 0.25) is 15.9 Å². The van der Waals surface area contributed by atoms with Crippen molar-refractivity contribution in [3.63, 3.8) is 0 Å². The molecule has 1 aliphatic heterocycles. The van der Waals surface area contributed by atoms with Gasteiger partial charge in [-0.05, 0) is 49.9 Å². The second-order valence-electron chi connectivity index (χ2n) is 7.72. The van der Waals surface area contributed by atoms with Crippen LogP contribution in [0.2, 0.25) is 0 Å². The summed E-state index contributed by atoms with van der Waals surface area (Å²) < 4.78 is 32.2. The van der Waals surface area contributed by atoms with Gasteiger partial charge in [0.25, 0.3) is 0 Å². The fraction of sp³-hybridized carbons (Fsp3) is 0.650. The Morgan fingerprint density at radius 1 is 1.11 bits per heavy atom.